The molecule has 0 unspecified atom stereocenters. The molecule has 1 N–H and O–H groups in total. The fourth-order valence-corrected chi connectivity index (χ4v) is 10.2. The second kappa shape index (κ2) is 17.0. The third-order valence-corrected chi connectivity index (χ3v) is 13.2. The fraction of sp³-hybridized carbons (Fsp3) is 0.394. The molecule has 3 aromatic rings. The molecular formula is C33H30FN5Na2O8S4. The predicted octanol–water partition coefficient (Wildman–Crippen LogP) is -5.33. The molecule has 2 amide bonds. The van der Waals surface area contributed by atoms with Crippen molar-refractivity contribution in [2.75, 3.05) is 49.7 Å². The number of nitrogens with zero attached hydrogens (tertiary/aromatic N) is 4. The average molecular weight is 818 g/mol. The number of carbonyl (C=O) groups is 4. The number of anilines is 1. The molecule has 1 aliphatic carbocycles. The van der Waals surface area contributed by atoms with Crippen LogP contribution in [-0.2, 0) is 25.5 Å². The standard InChI is InChI=1S/C33H32FN5O8S4.2Na/c1-47-33(35-25(40)11-19-3-2-10-49-19)30(46)39-26(29(44)45)17(15-50-31(33)39)16-51-32(48)37-8-6-36(7-9-37)24-13-23-20(12-22(24)34)27(41)21(28(42)43)14-38(23)18-4-5-18;;/h2-3,10,12-14,18,31H,4-9,11,15-16H2,1H3,(H,35,40)(H,42,43)(H,44,45);;/q;2*+1/p-2/t31-,33+;;/m1../s1. The van der Waals surface area contributed by atoms with Gasteiger partial charge in [0.05, 0.1) is 40.8 Å². The van der Waals surface area contributed by atoms with Crippen molar-refractivity contribution < 1.29 is 97.6 Å². The SMILES string of the molecule is CO[C@@]1(NC(=O)Cc2cccs2)C(=O)N2C(C(=O)[O-])=C(CSC(=S)N3CCN(c4cc5c(cc4F)c(=O)c(C(=O)[O-])cn5C4CC4)CC3)CS[C@@H]21.[Na+].[Na+]. The van der Waals surface area contributed by atoms with E-state index in [-0.39, 0.29) is 94.2 Å². The summed E-state index contributed by atoms with van der Waals surface area (Å²) in [7, 11) is 1.29. The molecule has 53 heavy (non-hydrogen) atoms. The third-order valence-electron chi connectivity index (χ3n) is 9.37. The zero-order valence-corrected chi connectivity index (χ0v) is 36.3. The number of piperazine rings is 1. The Balaban J connectivity index is 0.00000271. The number of aromatic nitrogens is 1. The van der Waals surface area contributed by atoms with Gasteiger partial charge in [-0.15, -0.1) is 23.1 Å². The third kappa shape index (κ3) is 8.01. The second-order valence-corrected chi connectivity index (χ2v) is 16.2. The molecule has 7 rings (SSSR count). The summed E-state index contributed by atoms with van der Waals surface area (Å²) >= 11 is 9.63. The number of thioether (sulfide) groups is 2. The molecular weight excluding hydrogens is 788 g/mol. The molecule has 4 aliphatic rings. The van der Waals surface area contributed by atoms with Gasteiger partial charge in [-0.3, -0.25) is 19.3 Å². The number of carboxylic acids is 2. The number of fused-ring (bicyclic) bond motifs is 2. The summed E-state index contributed by atoms with van der Waals surface area (Å²) in [6, 6.07) is 6.34. The van der Waals surface area contributed by atoms with Gasteiger partial charge in [-0.2, -0.15) is 0 Å². The van der Waals surface area contributed by atoms with Crippen molar-refractivity contribution in [3.63, 3.8) is 0 Å². The van der Waals surface area contributed by atoms with Crippen molar-refractivity contribution in [3.05, 3.63) is 73.6 Å². The van der Waals surface area contributed by atoms with Gasteiger partial charge in [0.1, 0.15) is 15.5 Å². The number of hydrogen-bond donors (Lipinski definition) is 1. The van der Waals surface area contributed by atoms with Gasteiger partial charge in [-0.05, 0) is 42.0 Å². The van der Waals surface area contributed by atoms with Crippen LogP contribution in [0, 0.1) is 5.82 Å². The van der Waals surface area contributed by atoms with Crippen molar-refractivity contribution in [3.8, 4) is 0 Å². The number of carboxylic acid groups (broad SMARTS) is 2. The molecule has 0 spiro atoms. The van der Waals surface area contributed by atoms with Crippen molar-refractivity contribution in [2.45, 2.75) is 36.4 Å². The zero-order chi connectivity index (χ0) is 36.2. The van der Waals surface area contributed by atoms with Gasteiger partial charge in [0.2, 0.25) is 5.91 Å². The minimum Gasteiger partial charge on any atom is -0.545 e. The number of thiophene rings is 1. The fourth-order valence-electron chi connectivity index (χ4n) is 6.64. The molecule has 3 aliphatic heterocycles. The molecule has 20 heteroatoms. The van der Waals surface area contributed by atoms with Crippen LogP contribution in [-0.4, -0.2) is 98.3 Å². The second-order valence-electron chi connectivity index (χ2n) is 12.5. The quantitative estimate of drug-likeness (QED) is 0.0894. The maximum absolute atomic E-state index is 15.4. The minimum absolute atomic E-state index is 0. The average Bonchev–Trinajstić information content (AvgIpc) is 3.83. The largest absolute Gasteiger partial charge is 1.00 e. The maximum Gasteiger partial charge on any atom is 1.00 e. The van der Waals surface area contributed by atoms with Crippen LogP contribution >= 0.6 is 47.1 Å². The summed E-state index contributed by atoms with van der Waals surface area (Å²) in [4.78, 5) is 68.6. The Bertz CT molecular complexity index is 2070. The smallest absolute Gasteiger partial charge is 0.545 e. The Morgan fingerprint density at radius 1 is 1.11 bits per heavy atom. The minimum atomic E-state index is -1.70. The Labute approximate surface area is 365 Å². The molecule has 268 valence electrons. The Morgan fingerprint density at radius 3 is 2.43 bits per heavy atom. The molecule has 13 nitrogen and oxygen atoms in total. The number of β-lactam (4-membered cyclic amide) rings is 1. The van der Waals surface area contributed by atoms with Gasteiger partial charge in [0.25, 0.3) is 11.6 Å². The molecule has 1 aromatic carbocycles. The van der Waals surface area contributed by atoms with E-state index < -0.39 is 51.7 Å². The first kappa shape index (κ1) is 42.2. The predicted molar refractivity (Wildman–Crippen MR) is 191 cm³/mol. The number of methoxy groups -OCH3 is 1. The molecule has 0 radical (unpaired) electrons. The summed E-state index contributed by atoms with van der Waals surface area (Å²) in [6.07, 6.45) is 2.98. The molecule has 2 atom stereocenters. The number of aromatic carboxylic acids is 1. The molecule has 1 saturated carbocycles. The van der Waals surface area contributed by atoms with E-state index in [2.05, 4.69) is 5.32 Å². The maximum atomic E-state index is 15.4. The van der Waals surface area contributed by atoms with Gasteiger partial charge in [0.15, 0.2) is 5.43 Å². The van der Waals surface area contributed by atoms with E-state index in [0.29, 0.717) is 47.3 Å². The molecule has 2 aromatic heterocycles. The van der Waals surface area contributed by atoms with Crippen LogP contribution in [0.1, 0.15) is 34.1 Å². The van der Waals surface area contributed by atoms with Crippen molar-refractivity contribution in [1.82, 2.24) is 19.7 Å². The van der Waals surface area contributed by atoms with E-state index in [1.54, 1.807) is 16.7 Å². The van der Waals surface area contributed by atoms with Crippen LogP contribution in [0.5, 0.6) is 0 Å². The summed E-state index contributed by atoms with van der Waals surface area (Å²) < 4.78 is 23.2. The van der Waals surface area contributed by atoms with Crippen molar-refractivity contribution in [1.29, 1.82) is 0 Å². The summed E-state index contributed by atoms with van der Waals surface area (Å²) in [5, 5.41) is 27.6. The number of benzene rings is 1. The number of carbonyl (C=O) groups excluding carboxylic acids is 4. The van der Waals surface area contributed by atoms with Crippen LogP contribution in [0.15, 0.2) is 51.9 Å². The summed E-state index contributed by atoms with van der Waals surface area (Å²) in [5.74, 6) is -4.45. The number of ether oxygens (including phenoxy) is 1. The number of amides is 2. The monoisotopic (exact) mass is 817 g/mol. The first-order valence-electron chi connectivity index (χ1n) is 16.0. The van der Waals surface area contributed by atoms with Gasteiger partial charge >= 0.3 is 59.1 Å². The van der Waals surface area contributed by atoms with Crippen LogP contribution in [0.4, 0.5) is 10.1 Å². The van der Waals surface area contributed by atoms with Crippen molar-refractivity contribution in [2.24, 2.45) is 0 Å². The number of halogens is 1. The van der Waals surface area contributed by atoms with E-state index in [9.17, 15) is 34.2 Å². The normalized spacial score (nSPS) is 21.0. The number of hydrogen-bond acceptors (Lipinski definition) is 13. The number of thiocarbonyl (C=S) groups is 1. The van der Waals surface area contributed by atoms with Crippen molar-refractivity contribution >= 4 is 91.7 Å². The number of aliphatic carboxylic acids is 1. The number of pyridine rings is 1. The Kier molecular flexibility index (Phi) is 13.6. The van der Waals surface area contributed by atoms with E-state index in [4.69, 9.17) is 17.0 Å². The first-order valence-corrected chi connectivity index (χ1v) is 19.3. The molecule has 2 saturated heterocycles. The van der Waals surface area contributed by atoms with E-state index in [0.717, 1.165) is 28.7 Å². The van der Waals surface area contributed by atoms with Gasteiger partial charge < -0.3 is 44.2 Å². The Morgan fingerprint density at radius 2 is 1.83 bits per heavy atom. The molecule has 3 fully saturated rings. The zero-order valence-electron chi connectivity index (χ0n) is 29.0. The number of rotatable bonds is 10. The topological polar surface area (TPSA) is 167 Å². The number of nitrogens with one attached hydrogen (secondary N) is 1. The summed E-state index contributed by atoms with van der Waals surface area (Å²) in [5.41, 5.74) is -2.03. The van der Waals surface area contributed by atoms with Crippen LogP contribution in [0.3, 0.4) is 0 Å². The summed E-state index contributed by atoms with van der Waals surface area (Å²) in [6.45, 7) is 1.69. The van der Waals surface area contributed by atoms with E-state index in [1.165, 1.54) is 48.2 Å². The van der Waals surface area contributed by atoms with E-state index in [1.807, 2.05) is 21.2 Å². The van der Waals surface area contributed by atoms with Crippen LogP contribution in [0.2, 0.25) is 0 Å². The van der Waals surface area contributed by atoms with Crippen LogP contribution in [0.25, 0.3) is 10.9 Å². The van der Waals surface area contributed by atoms with Gasteiger partial charge in [0, 0.05) is 67.3 Å². The molecule has 0 bridgehead atoms. The van der Waals surface area contributed by atoms with Gasteiger partial charge in [-0.25, -0.2) is 4.39 Å². The van der Waals surface area contributed by atoms with Crippen LogP contribution < -0.4 is 85.0 Å². The Hall–Kier alpha value is -1.97. The molecule has 5 heterocycles. The van der Waals surface area contributed by atoms with Gasteiger partial charge in [-0.1, -0.05) is 30.0 Å². The first-order chi connectivity index (χ1) is 24.4. The van der Waals surface area contributed by atoms with E-state index >= 15 is 4.39 Å².